The van der Waals surface area contributed by atoms with Crippen LogP contribution < -0.4 is 15.4 Å². The Kier molecular flexibility index (Phi) is 15.3. The number of guanidine groups is 1. The summed E-state index contributed by atoms with van der Waals surface area (Å²) in [4.78, 5) is 6.97. The Balaban J connectivity index is 0.00000676. The van der Waals surface area contributed by atoms with Crippen LogP contribution in [0.3, 0.4) is 0 Å². The number of hydrogen-bond donors (Lipinski definition) is 2. The van der Waals surface area contributed by atoms with Crippen molar-refractivity contribution in [2.75, 3.05) is 46.9 Å². The third kappa shape index (κ3) is 12.9. The highest BCUT2D eigenvalue weighted by Crippen LogP contribution is 2.15. The van der Waals surface area contributed by atoms with Crippen LogP contribution in [0.15, 0.2) is 29.3 Å². The first-order valence-corrected chi connectivity index (χ1v) is 9.50. The maximum Gasteiger partial charge on any atom is 0.191 e. The Morgan fingerprint density at radius 2 is 2.00 bits per heavy atom. The van der Waals surface area contributed by atoms with Gasteiger partial charge in [0.25, 0.3) is 0 Å². The molecule has 0 aliphatic carbocycles. The Hall–Kier alpha value is -1.06. The van der Waals surface area contributed by atoms with Gasteiger partial charge in [0, 0.05) is 39.9 Å². The maximum absolute atomic E-state index is 5.75. The lowest BCUT2D eigenvalue weighted by molar-refractivity contribution is 0.180. The molecule has 0 spiro atoms. The highest BCUT2D eigenvalue weighted by Gasteiger charge is 2.02. The minimum atomic E-state index is 0. The highest BCUT2D eigenvalue weighted by molar-refractivity contribution is 14.0. The van der Waals surface area contributed by atoms with Crippen LogP contribution in [0.2, 0.25) is 0 Å². The quantitative estimate of drug-likeness (QED) is 0.203. The molecule has 0 heterocycles. The normalized spacial score (nSPS) is 11.4. The summed E-state index contributed by atoms with van der Waals surface area (Å²) in [5, 5.41) is 6.69. The van der Waals surface area contributed by atoms with Gasteiger partial charge in [-0.1, -0.05) is 12.1 Å². The molecule has 0 fully saturated rings. The van der Waals surface area contributed by atoms with Crippen molar-refractivity contribution >= 4 is 29.9 Å². The van der Waals surface area contributed by atoms with Gasteiger partial charge in [-0.05, 0) is 51.9 Å². The fraction of sp³-hybridized carbons (Fsp3) is 0.650. The summed E-state index contributed by atoms with van der Waals surface area (Å²) in [5.41, 5.74) is 1.14. The summed E-state index contributed by atoms with van der Waals surface area (Å²) < 4.78 is 10.8. The lowest BCUT2D eigenvalue weighted by Gasteiger charge is -2.18. The Morgan fingerprint density at radius 1 is 1.22 bits per heavy atom. The van der Waals surface area contributed by atoms with E-state index in [0.29, 0.717) is 6.54 Å². The summed E-state index contributed by atoms with van der Waals surface area (Å²) in [6.45, 7) is 11.3. The molecule has 2 N–H and O–H groups in total. The van der Waals surface area contributed by atoms with Gasteiger partial charge < -0.3 is 25.0 Å². The number of nitrogens with one attached hydrogen (secondary N) is 2. The standard InChI is InChI=1S/C20H36N4O2.HI/c1-6-21-20(22-11-13-24(4)12-8-14-25-5)23-16-18-9-7-10-19(15-18)26-17(2)3;/h7,9-10,15,17H,6,8,11-14,16H2,1-5H3,(H2,21,22,23);1H. The van der Waals surface area contributed by atoms with Crippen molar-refractivity contribution in [3.63, 3.8) is 0 Å². The molecule has 0 radical (unpaired) electrons. The zero-order valence-corrected chi connectivity index (χ0v) is 19.8. The van der Waals surface area contributed by atoms with E-state index in [1.165, 1.54) is 0 Å². The van der Waals surface area contributed by atoms with E-state index in [1.54, 1.807) is 7.11 Å². The summed E-state index contributed by atoms with van der Waals surface area (Å²) in [6.07, 6.45) is 1.23. The molecule has 0 unspecified atom stereocenters. The Labute approximate surface area is 182 Å². The van der Waals surface area contributed by atoms with Crippen LogP contribution in [0.5, 0.6) is 5.75 Å². The second kappa shape index (κ2) is 15.9. The molecule has 0 bridgehead atoms. The van der Waals surface area contributed by atoms with Crippen molar-refractivity contribution in [2.24, 2.45) is 4.99 Å². The predicted molar refractivity (Wildman–Crippen MR) is 124 cm³/mol. The zero-order chi connectivity index (χ0) is 19.2. The maximum atomic E-state index is 5.75. The molecular formula is C20H37IN4O2. The van der Waals surface area contributed by atoms with Gasteiger partial charge in [0.2, 0.25) is 0 Å². The van der Waals surface area contributed by atoms with E-state index in [2.05, 4.69) is 46.6 Å². The fourth-order valence-electron chi connectivity index (χ4n) is 2.46. The largest absolute Gasteiger partial charge is 0.491 e. The highest BCUT2D eigenvalue weighted by atomic mass is 127. The number of ether oxygens (including phenoxy) is 2. The predicted octanol–water partition coefficient (Wildman–Crippen LogP) is 3.12. The Bertz CT molecular complexity index is 526. The first kappa shape index (κ1) is 25.9. The lowest BCUT2D eigenvalue weighted by atomic mass is 10.2. The molecule has 6 nitrogen and oxygen atoms in total. The van der Waals surface area contributed by atoms with Gasteiger partial charge in [-0.2, -0.15) is 0 Å². The second-order valence-electron chi connectivity index (χ2n) is 6.59. The molecule has 0 aliphatic rings. The first-order chi connectivity index (χ1) is 12.5. The average molecular weight is 492 g/mol. The third-order valence-electron chi connectivity index (χ3n) is 3.71. The molecule has 1 aromatic carbocycles. The molecule has 156 valence electrons. The molecule has 0 amide bonds. The van der Waals surface area contributed by atoms with Crippen molar-refractivity contribution < 1.29 is 9.47 Å². The molecule has 1 rings (SSSR count). The molecule has 0 saturated heterocycles. The van der Waals surface area contributed by atoms with E-state index in [0.717, 1.165) is 56.5 Å². The van der Waals surface area contributed by atoms with Crippen LogP contribution in [-0.2, 0) is 11.3 Å². The number of hydrogen-bond acceptors (Lipinski definition) is 4. The van der Waals surface area contributed by atoms with Gasteiger partial charge in [0.1, 0.15) is 5.75 Å². The van der Waals surface area contributed by atoms with Crippen LogP contribution in [0, 0.1) is 0 Å². The summed E-state index contributed by atoms with van der Waals surface area (Å²) in [6, 6.07) is 8.12. The summed E-state index contributed by atoms with van der Waals surface area (Å²) >= 11 is 0. The van der Waals surface area contributed by atoms with Crippen molar-refractivity contribution in [3.05, 3.63) is 29.8 Å². The number of nitrogens with zero attached hydrogens (tertiary/aromatic N) is 2. The van der Waals surface area contributed by atoms with Crippen LogP contribution in [-0.4, -0.2) is 63.9 Å². The van der Waals surface area contributed by atoms with Gasteiger partial charge in [-0.3, -0.25) is 0 Å². The zero-order valence-electron chi connectivity index (χ0n) is 17.5. The van der Waals surface area contributed by atoms with Gasteiger partial charge in [-0.15, -0.1) is 24.0 Å². The molecule has 0 saturated carbocycles. The topological polar surface area (TPSA) is 58.1 Å². The average Bonchev–Trinajstić information content (AvgIpc) is 2.59. The minimum absolute atomic E-state index is 0. The molecule has 0 atom stereocenters. The van der Waals surface area contributed by atoms with Crippen LogP contribution >= 0.6 is 24.0 Å². The number of benzene rings is 1. The fourth-order valence-corrected chi connectivity index (χ4v) is 2.46. The van der Waals surface area contributed by atoms with Crippen LogP contribution in [0.25, 0.3) is 0 Å². The van der Waals surface area contributed by atoms with Crippen LogP contribution in [0.1, 0.15) is 32.8 Å². The molecule has 1 aromatic rings. The van der Waals surface area contributed by atoms with Gasteiger partial charge in [0.15, 0.2) is 5.96 Å². The molecular weight excluding hydrogens is 455 g/mol. The van der Waals surface area contributed by atoms with Crippen molar-refractivity contribution in [1.29, 1.82) is 0 Å². The summed E-state index contributed by atoms with van der Waals surface area (Å²) in [5.74, 6) is 1.73. The monoisotopic (exact) mass is 492 g/mol. The van der Waals surface area contributed by atoms with E-state index in [9.17, 15) is 0 Å². The number of aliphatic imine (C=N–C) groups is 1. The van der Waals surface area contributed by atoms with Crippen molar-refractivity contribution in [3.8, 4) is 5.75 Å². The molecule has 7 heteroatoms. The van der Waals surface area contributed by atoms with Gasteiger partial charge in [-0.25, -0.2) is 4.99 Å². The molecule has 0 aliphatic heterocycles. The summed E-state index contributed by atoms with van der Waals surface area (Å²) in [7, 11) is 3.87. The first-order valence-electron chi connectivity index (χ1n) is 9.50. The minimum Gasteiger partial charge on any atom is -0.491 e. The lowest BCUT2D eigenvalue weighted by Crippen LogP contribution is -2.41. The van der Waals surface area contributed by atoms with Gasteiger partial charge in [0.05, 0.1) is 12.6 Å². The van der Waals surface area contributed by atoms with E-state index in [4.69, 9.17) is 9.47 Å². The SMILES string of the molecule is CCNC(=NCc1cccc(OC(C)C)c1)NCCN(C)CCCOC.I. The van der Waals surface area contributed by atoms with E-state index in [-0.39, 0.29) is 30.1 Å². The van der Waals surface area contributed by atoms with E-state index in [1.807, 2.05) is 26.0 Å². The number of likely N-dealkylation sites (N-methyl/N-ethyl adjacent to an activating group) is 1. The van der Waals surface area contributed by atoms with Gasteiger partial charge >= 0.3 is 0 Å². The number of rotatable bonds is 12. The van der Waals surface area contributed by atoms with E-state index < -0.39 is 0 Å². The second-order valence-corrected chi connectivity index (χ2v) is 6.59. The van der Waals surface area contributed by atoms with Crippen molar-refractivity contribution in [1.82, 2.24) is 15.5 Å². The molecule has 27 heavy (non-hydrogen) atoms. The smallest absolute Gasteiger partial charge is 0.191 e. The molecule has 0 aromatic heterocycles. The Morgan fingerprint density at radius 3 is 2.67 bits per heavy atom. The van der Waals surface area contributed by atoms with E-state index >= 15 is 0 Å². The number of methoxy groups -OCH3 is 1. The van der Waals surface area contributed by atoms with Crippen LogP contribution in [0.4, 0.5) is 0 Å². The number of halogens is 1. The third-order valence-corrected chi connectivity index (χ3v) is 3.71. The van der Waals surface area contributed by atoms with Crippen molar-refractivity contribution in [2.45, 2.75) is 39.8 Å².